The predicted molar refractivity (Wildman–Crippen MR) is 59.5 cm³/mol. The Morgan fingerprint density at radius 1 is 1.14 bits per heavy atom. The second-order valence-corrected chi connectivity index (χ2v) is 3.91. The van der Waals surface area contributed by atoms with Gasteiger partial charge in [-0.15, -0.1) is 22.7 Å². The normalized spacial score (nSPS) is 9.29. The lowest BCUT2D eigenvalue weighted by Gasteiger charge is -1.77. The van der Waals surface area contributed by atoms with Gasteiger partial charge in [-0.1, -0.05) is 6.92 Å². The number of nitrogens with zero attached hydrogens (tertiary/aromatic N) is 2. The monoisotopic (exact) mass is 228 g/mol. The van der Waals surface area contributed by atoms with E-state index in [1.807, 2.05) is 10.9 Å². The van der Waals surface area contributed by atoms with E-state index in [9.17, 15) is 0 Å². The minimum absolute atomic E-state index is 0.0590. The first kappa shape index (κ1) is 11.3. The molecule has 1 N–H and O–H groups in total. The summed E-state index contributed by atoms with van der Waals surface area (Å²) in [6, 6.07) is 0. The Bertz CT molecular complexity index is 284. The van der Waals surface area contributed by atoms with Crippen LogP contribution >= 0.6 is 22.7 Å². The number of aliphatic hydroxyl groups excluding tert-OH is 1. The Hall–Kier alpha value is -0.780. The van der Waals surface area contributed by atoms with Crippen molar-refractivity contribution in [1.82, 2.24) is 9.97 Å². The summed E-state index contributed by atoms with van der Waals surface area (Å²) in [6.07, 6.45) is 1.06. The average Bonchev–Trinajstić information content (AvgIpc) is 2.92. The molecule has 0 aliphatic rings. The number of aliphatic hydroxyl groups is 1. The molecule has 5 heteroatoms. The van der Waals surface area contributed by atoms with E-state index < -0.39 is 0 Å². The molecule has 2 rings (SSSR count). The summed E-state index contributed by atoms with van der Waals surface area (Å²) in [7, 11) is 0. The van der Waals surface area contributed by atoms with Crippen LogP contribution in [-0.4, -0.2) is 15.1 Å². The van der Waals surface area contributed by atoms with Gasteiger partial charge in [-0.05, 0) is 6.42 Å². The topological polar surface area (TPSA) is 46.0 Å². The maximum Gasteiger partial charge on any atom is 0.0861 e. The molecule has 0 bridgehead atoms. The van der Waals surface area contributed by atoms with Crippen LogP contribution in [-0.2, 0) is 13.0 Å². The maximum atomic E-state index is 8.37. The summed E-state index contributed by atoms with van der Waals surface area (Å²) < 4.78 is 0. The fourth-order valence-electron chi connectivity index (χ4n) is 0.728. The SMILES string of the molecule is CCc1cscn1.OCc1cscn1. The van der Waals surface area contributed by atoms with Crippen LogP contribution in [0.2, 0.25) is 0 Å². The van der Waals surface area contributed by atoms with Crippen LogP contribution < -0.4 is 0 Å². The van der Waals surface area contributed by atoms with Crippen LogP contribution in [0, 0.1) is 0 Å². The summed E-state index contributed by atoms with van der Waals surface area (Å²) in [5.41, 5.74) is 5.51. The van der Waals surface area contributed by atoms with Crippen molar-refractivity contribution in [2.45, 2.75) is 20.0 Å². The molecule has 0 atom stereocenters. The number of hydrogen-bond donors (Lipinski definition) is 1. The summed E-state index contributed by atoms with van der Waals surface area (Å²) in [4.78, 5) is 7.86. The van der Waals surface area contributed by atoms with Crippen LogP contribution in [0.25, 0.3) is 0 Å². The van der Waals surface area contributed by atoms with Crippen LogP contribution in [0.15, 0.2) is 21.8 Å². The molecular weight excluding hydrogens is 216 g/mol. The molecule has 2 heterocycles. The molecule has 3 nitrogen and oxygen atoms in total. The molecule has 0 aliphatic heterocycles. The molecule has 2 aromatic rings. The zero-order chi connectivity index (χ0) is 10.2. The van der Waals surface area contributed by atoms with Crippen LogP contribution in [0.5, 0.6) is 0 Å². The fraction of sp³-hybridized carbons (Fsp3) is 0.333. The predicted octanol–water partition coefficient (Wildman–Crippen LogP) is 2.34. The molecule has 14 heavy (non-hydrogen) atoms. The van der Waals surface area contributed by atoms with Crippen LogP contribution in [0.4, 0.5) is 0 Å². The van der Waals surface area contributed by atoms with Crippen molar-refractivity contribution in [3.63, 3.8) is 0 Å². The Morgan fingerprint density at radius 2 is 1.71 bits per heavy atom. The van der Waals surface area contributed by atoms with E-state index >= 15 is 0 Å². The third-order valence-corrected chi connectivity index (χ3v) is 2.76. The molecule has 0 spiro atoms. The maximum absolute atomic E-state index is 8.37. The van der Waals surface area contributed by atoms with Crippen LogP contribution in [0.3, 0.4) is 0 Å². The van der Waals surface area contributed by atoms with Crippen molar-refractivity contribution < 1.29 is 5.11 Å². The van der Waals surface area contributed by atoms with Crippen molar-refractivity contribution in [3.05, 3.63) is 33.2 Å². The number of aryl methyl sites for hydroxylation is 1. The van der Waals surface area contributed by atoms with Gasteiger partial charge in [-0.25, -0.2) is 9.97 Å². The first-order valence-electron chi connectivity index (χ1n) is 4.21. The largest absolute Gasteiger partial charge is 0.390 e. The van der Waals surface area contributed by atoms with E-state index in [4.69, 9.17) is 5.11 Å². The van der Waals surface area contributed by atoms with Gasteiger partial charge in [0, 0.05) is 10.8 Å². The molecule has 0 amide bonds. The number of thiazole rings is 2. The highest BCUT2D eigenvalue weighted by Gasteiger charge is 1.85. The second-order valence-electron chi connectivity index (χ2n) is 2.47. The molecule has 2 aromatic heterocycles. The molecule has 0 aromatic carbocycles. The van der Waals surface area contributed by atoms with Gasteiger partial charge in [0.25, 0.3) is 0 Å². The molecule has 0 unspecified atom stereocenters. The van der Waals surface area contributed by atoms with Gasteiger partial charge in [0.05, 0.1) is 29.0 Å². The van der Waals surface area contributed by atoms with Crippen LogP contribution in [0.1, 0.15) is 18.3 Å². The minimum Gasteiger partial charge on any atom is -0.390 e. The molecule has 0 fully saturated rings. The first-order valence-corrected chi connectivity index (χ1v) is 6.10. The standard InChI is InChI=1S/C5H7NS.C4H5NOS/c1-2-5-3-7-4-6-5;6-1-4-2-7-3-5-4/h3-4H,2H2,1H3;2-3,6H,1H2. The zero-order valence-electron chi connectivity index (χ0n) is 7.88. The smallest absolute Gasteiger partial charge is 0.0861 e. The van der Waals surface area contributed by atoms with Crippen molar-refractivity contribution in [2.75, 3.05) is 0 Å². The van der Waals surface area contributed by atoms with Gasteiger partial charge in [0.15, 0.2) is 0 Å². The van der Waals surface area contributed by atoms with Crippen molar-refractivity contribution >= 4 is 22.7 Å². The van der Waals surface area contributed by atoms with E-state index in [1.54, 1.807) is 16.8 Å². The van der Waals surface area contributed by atoms with Gasteiger partial charge in [0.2, 0.25) is 0 Å². The number of aromatic nitrogens is 2. The lowest BCUT2D eigenvalue weighted by Crippen LogP contribution is -1.77. The van der Waals surface area contributed by atoms with E-state index in [1.165, 1.54) is 17.0 Å². The summed E-state index contributed by atoms with van der Waals surface area (Å²) in [6.45, 7) is 2.17. The van der Waals surface area contributed by atoms with E-state index in [0.717, 1.165) is 12.1 Å². The highest BCUT2D eigenvalue weighted by molar-refractivity contribution is 7.07. The van der Waals surface area contributed by atoms with Gasteiger partial charge >= 0.3 is 0 Å². The van der Waals surface area contributed by atoms with E-state index in [2.05, 4.69) is 22.3 Å². The summed E-state index contributed by atoms with van der Waals surface area (Å²) in [5.74, 6) is 0. The van der Waals surface area contributed by atoms with Gasteiger partial charge in [0.1, 0.15) is 0 Å². The Morgan fingerprint density at radius 3 is 1.93 bits per heavy atom. The van der Waals surface area contributed by atoms with Gasteiger partial charge < -0.3 is 5.11 Å². The molecule has 0 radical (unpaired) electrons. The van der Waals surface area contributed by atoms with Crippen molar-refractivity contribution in [2.24, 2.45) is 0 Å². The highest BCUT2D eigenvalue weighted by atomic mass is 32.1. The molecule has 0 aliphatic carbocycles. The molecule has 76 valence electrons. The summed E-state index contributed by atoms with van der Waals surface area (Å²) in [5, 5.41) is 12.3. The first-order chi connectivity index (χ1) is 6.86. The van der Waals surface area contributed by atoms with Gasteiger partial charge in [-0.2, -0.15) is 0 Å². The third-order valence-electron chi connectivity index (χ3n) is 1.49. The zero-order valence-corrected chi connectivity index (χ0v) is 9.51. The molecule has 0 saturated carbocycles. The number of rotatable bonds is 2. The van der Waals surface area contributed by atoms with Crippen molar-refractivity contribution in [3.8, 4) is 0 Å². The lowest BCUT2D eigenvalue weighted by atomic mass is 10.4. The Kier molecular flexibility index (Phi) is 5.36. The summed E-state index contributed by atoms with van der Waals surface area (Å²) >= 11 is 3.15. The van der Waals surface area contributed by atoms with E-state index in [0.29, 0.717) is 0 Å². The fourth-order valence-corrected chi connectivity index (χ4v) is 1.92. The van der Waals surface area contributed by atoms with Crippen molar-refractivity contribution in [1.29, 1.82) is 0 Å². The number of hydrogen-bond acceptors (Lipinski definition) is 5. The lowest BCUT2D eigenvalue weighted by molar-refractivity contribution is 0.277. The Labute approximate surface area is 91.1 Å². The third kappa shape index (κ3) is 3.95. The highest BCUT2D eigenvalue weighted by Crippen LogP contribution is 1.99. The molecule has 0 saturated heterocycles. The second kappa shape index (κ2) is 6.64. The minimum atomic E-state index is 0.0590. The van der Waals surface area contributed by atoms with Gasteiger partial charge in [-0.3, -0.25) is 0 Å². The van der Waals surface area contributed by atoms with E-state index in [-0.39, 0.29) is 6.61 Å². The average molecular weight is 228 g/mol. The quantitative estimate of drug-likeness (QED) is 0.858. The Balaban J connectivity index is 0.000000140. The molecular formula is C9H12N2OS2.